The highest BCUT2D eigenvalue weighted by atomic mass is 32.2. The van der Waals surface area contributed by atoms with Gasteiger partial charge in [0.05, 0.1) is 47.2 Å². The minimum absolute atomic E-state index is 0.154. The van der Waals surface area contributed by atoms with Crippen molar-refractivity contribution in [2.24, 2.45) is 0 Å². The molecule has 0 aromatic carbocycles. The van der Waals surface area contributed by atoms with E-state index >= 15 is 0 Å². The maximum absolute atomic E-state index is 11.9. The van der Waals surface area contributed by atoms with Crippen molar-refractivity contribution in [3.8, 4) is 17.6 Å². The first-order valence-corrected chi connectivity index (χ1v) is 26.9. The van der Waals surface area contributed by atoms with Crippen LogP contribution in [0.1, 0.15) is 131 Å². The summed E-state index contributed by atoms with van der Waals surface area (Å²) >= 11 is 1.71. The average molecular weight is 940 g/mol. The number of ether oxygens (including phenoxy) is 3. The van der Waals surface area contributed by atoms with Gasteiger partial charge in [0.15, 0.2) is 9.84 Å². The van der Waals surface area contributed by atoms with Gasteiger partial charge in [0, 0.05) is 89.0 Å². The van der Waals surface area contributed by atoms with E-state index in [2.05, 4.69) is 15.3 Å². The van der Waals surface area contributed by atoms with Crippen LogP contribution in [0.25, 0.3) is 0 Å². The zero-order chi connectivity index (χ0) is 46.3. The number of aromatic nitrogens is 6. The Morgan fingerprint density at radius 1 is 0.683 bits per heavy atom. The lowest BCUT2D eigenvalue weighted by Crippen LogP contribution is -2.27. The van der Waals surface area contributed by atoms with E-state index in [1.54, 1.807) is 77.1 Å². The zero-order valence-electron chi connectivity index (χ0n) is 38.6. The van der Waals surface area contributed by atoms with Crippen molar-refractivity contribution in [2.75, 3.05) is 61.1 Å². The van der Waals surface area contributed by atoms with Gasteiger partial charge in [-0.15, -0.1) is 0 Å². The van der Waals surface area contributed by atoms with Gasteiger partial charge >= 0.3 is 18.3 Å². The predicted octanol–water partition coefficient (Wildman–Crippen LogP) is 7.63. The number of rotatable bonds is 12. The molecule has 3 aliphatic carbocycles. The molecule has 0 bridgehead atoms. The average Bonchev–Trinajstić information content (AvgIpc) is 3.95. The highest BCUT2D eigenvalue weighted by molar-refractivity contribution is 7.97. The van der Waals surface area contributed by atoms with Crippen molar-refractivity contribution in [1.82, 2.24) is 44.0 Å². The molecule has 1 atom stereocenters. The molecule has 0 spiro atoms. The maximum atomic E-state index is 11.9. The van der Waals surface area contributed by atoms with E-state index in [1.165, 1.54) is 59.6 Å². The Bertz CT molecular complexity index is 2060. The largest absolute Gasteiger partial charge is 0.416 e. The van der Waals surface area contributed by atoms with Gasteiger partial charge in [-0.3, -0.25) is 4.21 Å². The number of hydrogen-bond donors (Lipinski definition) is 0. The molecule has 0 N–H and O–H groups in total. The second-order valence-corrected chi connectivity index (χ2v) is 21.6. The minimum atomic E-state index is -3.18. The number of amides is 3. The highest BCUT2D eigenvalue weighted by Gasteiger charge is 2.27. The topological polar surface area (TPSA) is 193 Å². The molecule has 1 unspecified atom stereocenters. The number of sulfone groups is 1. The molecule has 63 heavy (non-hydrogen) atoms. The quantitative estimate of drug-likeness (QED) is 0.172. The summed E-state index contributed by atoms with van der Waals surface area (Å²) < 4.78 is 56.0. The molecular weight excluding hydrogens is 871 g/mol. The third-order valence-electron chi connectivity index (χ3n) is 10.8. The second kappa shape index (κ2) is 24.8. The van der Waals surface area contributed by atoms with Gasteiger partial charge in [0.25, 0.3) is 0 Å². The van der Waals surface area contributed by atoms with Gasteiger partial charge in [-0.1, -0.05) is 57.8 Å². The second-order valence-electron chi connectivity index (χ2n) is 17.1. The third-order valence-corrected chi connectivity index (χ3v) is 12.9. The van der Waals surface area contributed by atoms with Gasteiger partial charge in [0.2, 0.25) is 17.6 Å². The maximum Gasteiger partial charge on any atom is 0.416 e. The van der Waals surface area contributed by atoms with Gasteiger partial charge in [-0.25, -0.2) is 36.8 Å². The Morgan fingerprint density at radius 2 is 1.08 bits per heavy atom. The first kappa shape index (κ1) is 51.5. The Balaban J connectivity index is 0.000000208. The number of nitrogens with zero attached hydrogens (tertiary/aromatic N) is 9. The molecule has 3 heterocycles. The van der Waals surface area contributed by atoms with E-state index in [0.717, 1.165) is 68.9 Å². The van der Waals surface area contributed by atoms with E-state index in [9.17, 15) is 27.0 Å². The number of hydrogen-bond acceptors (Lipinski definition) is 13. The summed E-state index contributed by atoms with van der Waals surface area (Å²) in [5, 5.41) is 13.4. The molecule has 3 aliphatic rings. The SMILES string of the molecule is CN(C)C(=O)Oc1cc(CS(C)(=O)=O)nn1C1CCCCC1.CN(C)C(=O)Oc1cc(CS(C)=O)nn1C1CCCCC1.CSCc1cnn(C2CCCCC2)c1OC(=O)N(C)C. The first-order chi connectivity index (χ1) is 29.9. The molecule has 3 amide bonds. The van der Waals surface area contributed by atoms with E-state index in [-0.39, 0.29) is 23.9 Å². The van der Waals surface area contributed by atoms with Crippen LogP contribution in [0.4, 0.5) is 14.4 Å². The van der Waals surface area contributed by atoms with E-state index in [1.807, 2.05) is 21.8 Å². The van der Waals surface area contributed by atoms with Crippen LogP contribution < -0.4 is 14.2 Å². The van der Waals surface area contributed by atoms with Crippen LogP contribution in [0, 0.1) is 0 Å². The molecular formula is C42H69N9O9S3. The normalized spacial score (nSPS) is 16.7. The lowest BCUT2D eigenvalue weighted by molar-refractivity contribution is 0.162. The van der Waals surface area contributed by atoms with Crippen LogP contribution >= 0.6 is 11.8 Å². The Kier molecular flexibility index (Phi) is 20.3. The van der Waals surface area contributed by atoms with Crippen LogP contribution in [-0.4, -0.2) is 136 Å². The summed E-state index contributed by atoms with van der Waals surface area (Å²) in [6, 6.07) is 4.08. The molecule has 3 aromatic rings. The van der Waals surface area contributed by atoms with E-state index in [4.69, 9.17) is 14.2 Å². The molecule has 3 saturated carbocycles. The predicted molar refractivity (Wildman–Crippen MR) is 246 cm³/mol. The molecule has 6 rings (SSSR count). The van der Waals surface area contributed by atoms with Gasteiger partial charge in [-0.05, 0) is 44.8 Å². The molecule has 354 valence electrons. The molecule has 0 saturated heterocycles. The van der Waals surface area contributed by atoms with Crippen LogP contribution in [0.15, 0.2) is 18.3 Å². The van der Waals surface area contributed by atoms with Gasteiger partial charge < -0.3 is 28.9 Å². The van der Waals surface area contributed by atoms with Crippen LogP contribution in [0.3, 0.4) is 0 Å². The Hall–Kier alpha value is -4.11. The monoisotopic (exact) mass is 939 g/mol. The fourth-order valence-electron chi connectivity index (χ4n) is 7.67. The van der Waals surface area contributed by atoms with Crippen molar-refractivity contribution in [2.45, 2.75) is 132 Å². The fourth-order valence-corrected chi connectivity index (χ4v) is 9.41. The molecule has 0 radical (unpaired) electrons. The van der Waals surface area contributed by atoms with Crippen molar-refractivity contribution in [3.63, 3.8) is 0 Å². The third kappa shape index (κ3) is 16.4. The summed E-state index contributed by atoms with van der Waals surface area (Å²) in [6.07, 6.45) is 22.4. The Morgan fingerprint density at radius 3 is 1.48 bits per heavy atom. The standard InChI is InChI=1S/C14H23N3O4S.C14H23N3O3S.C14H23N3O2S/c1-16(2)14(18)21-13-9-11(10-22(3,19)20)15-17(13)12-7-5-4-6-8-12;1-16(2)14(18)20-13-9-11(10-21(3)19)15-17(13)12-7-5-4-6-8-12;1-16(2)14(18)19-13-11(10-20-3)9-15-17(13)12-7-5-4-6-8-12/h9,12H,4-8,10H2,1-3H3;9,12H,4-8,10H2,1-3H3;9,12H,4-8,10H2,1-3H3. The van der Waals surface area contributed by atoms with Crippen molar-refractivity contribution < 1.29 is 41.2 Å². The lowest BCUT2D eigenvalue weighted by atomic mass is 9.96. The zero-order valence-corrected chi connectivity index (χ0v) is 41.1. The summed E-state index contributed by atoms with van der Waals surface area (Å²) in [4.78, 5) is 39.6. The van der Waals surface area contributed by atoms with Crippen LogP contribution in [0.2, 0.25) is 0 Å². The number of carbonyl (C=O) groups excluding carboxylic acids is 3. The van der Waals surface area contributed by atoms with Crippen LogP contribution in [0.5, 0.6) is 17.6 Å². The highest BCUT2D eigenvalue weighted by Crippen LogP contribution is 2.35. The smallest absolute Gasteiger partial charge is 0.391 e. The van der Waals surface area contributed by atoms with Crippen molar-refractivity contribution in [3.05, 3.63) is 35.3 Å². The van der Waals surface area contributed by atoms with E-state index < -0.39 is 32.8 Å². The molecule has 18 nitrogen and oxygen atoms in total. The molecule has 21 heteroatoms. The molecule has 3 fully saturated rings. The van der Waals surface area contributed by atoms with Gasteiger partial charge in [-0.2, -0.15) is 27.1 Å². The minimum Gasteiger partial charge on any atom is -0.391 e. The van der Waals surface area contributed by atoms with Crippen LogP contribution in [-0.2, 0) is 37.9 Å². The first-order valence-electron chi connectivity index (χ1n) is 21.7. The van der Waals surface area contributed by atoms with E-state index in [0.29, 0.717) is 40.8 Å². The summed E-state index contributed by atoms with van der Waals surface area (Å²) in [5.41, 5.74) is 2.12. The number of carbonyl (C=O) groups is 3. The summed E-state index contributed by atoms with van der Waals surface area (Å²) in [7, 11) is 5.72. The summed E-state index contributed by atoms with van der Waals surface area (Å²) in [5.74, 6) is 2.45. The molecule has 0 aliphatic heterocycles. The fraction of sp³-hybridized carbons (Fsp3) is 0.714. The summed E-state index contributed by atoms with van der Waals surface area (Å²) in [6.45, 7) is 0. The Labute approximate surface area is 380 Å². The number of thioether (sulfide) groups is 1. The lowest BCUT2D eigenvalue weighted by Gasteiger charge is -2.24. The van der Waals surface area contributed by atoms with Crippen molar-refractivity contribution in [1.29, 1.82) is 0 Å². The van der Waals surface area contributed by atoms with Gasteiger partial charge in [0.1, 0.15) is 0 Å². The molecule has 3 aromatic heterocycles. The van der Waals surface area contributed by atoms with Crippen molar-refractivity contribution >= 4 is 50.7 Å².